The van der Waals surface area contributed by atoms with Crippen molar-refractivity contribution in [2.24, 2.45) is 0 Å². The van der Waals surface area contributed by atoms with Crippen molar-refractivity contribution in [3.05, 3.63) is 0 Å². The Morgan fingerprint density at radius 3 is 2.20 bits per heavy atom. The van der Waals surface area contributed by atoms with Crippen LogP contribution in [0.2, 0.25) is 0 Å². The highest BCUT2D eigenvalue weighted by atomic mass is 31.2. The molecule has 0 spiro atoms. The molecule has 4 atom stereocenters. The fraction of sp³-hybridized carbons (Fsp3) is 0.833. The summed E-state index contributed by atoms with van der Waals surface area (Å²) in [6, 6.07) is 0. The molecule has 6 N–H and O–H groups in total. The van der Waals surface area contributed by atoms with E-state index in [0.717, 1.165) is 0 Å². The van der Waals surface area contributed by atoms with Crippen LogP contribution in [0.25, 0.3) is 0 Å². The molecule has 15 heavy (non-hydrogen) atoms. The zero-order valence-electron chi connectivity index (χ0n) is 7.46. The normalized spacial score (nSPS) is 38.1. The van der Waals surface area contributed by atoms with Crippen LogP contribution >= 0.6 is 7.94 Å². The molecule has 0 bridgehead atoms. The molecule has 0 unspecified atom stereocenters. The van der Waals surface area contributed by atoms with Gasteiger partial charge >= 0.3 is 13.8 Å². The molecular weight excluding hydrogens is 231 g/mol. The molecule has 0 amide bonds. The number of ether oxygens (including phenoxy) is 1. The summed E-state index contributed by atoms with van der Waals surface area (Å²) in [6.45, 7) is -0.734. The lowest BCUT2D eigenvalue weighted by Crippen LogP contribution is -2.56. The number of hydrogen-bond donors (Lipinski definition) is 6. The number of carbonyl (C=O) groups excluding carboxylic acids is 1. The van der Waals surface area contributed by atoms with Gasteiger partial charge in [-0.1, -0.05) is 0 Å². The van der Waals surface area contributed by atoms with Crippen LogP contribution in [0.4, 0.5) is 0 Å². The number of aliphatic hydroxyl groups is 3. The summed E-state index contributed by atoms with van der Waals surface area (Å²) < 4.78 is 4.58. The molecule has 8 nitrogen and oxygen atoms in total. The van der Waals surface area contributed by atoms with Gasteiger partial charge in [-0.2, -0.15) is 14.7 Å². The summed E-state index contributed by atoms with van der Waals surface area (Å²) in [5, 5.41) is 27.1. The van der Waals surface area contributed by atoms with Crippen LogP contribution in [0.5, 0.6) is 0 Å². The lowest BCUT2D eigenvalue weighted by atomic mass is 10.0. The molecule has 1 fully saturated rings. The first-order chi connectivity index (χ1) is 6.79. The molecule has 0 aromatic carbocycles. The van der Waals surface area contributed by atoms with Gasteiger partial charge in [0.2, 0.25) is 5.78 Å². The molecule has 88 valence electrons. The van der Waals surface area contributed by atoms with Crippen molar-refractivity contribution in [2.75, 3.05) is 6.61 Å². The standard InChI is InChI=1S/C6H12O8P/c7-1-2-3(8)4(9)5(10)6(14-2)15(11,12)13/h2-4,6-9,11-13H,1H2/q+1/t2-,3-,4+,6+/m1/s1. The van der Waals surface area contributed by atoms with E-state index < -0.39 is 44.5 Å². The van der Waals surface area contributed by atoms with E-state index in [1.54, 1.807) is 0 Å². The van der Waals surface area contributed by atoms with E-state index in [4.69, 9.17) is 19.8 Å². The van der Waals surface area contributed by atoms with Gasteiger partial charge in [-0.25, -0.2) is 0 Å². The third-order valence-corrected chi connectivity index (χ3v) is 3.04. The van der Waals surface area contributed by atoms with Crippen LogP contribution in [0.15, 0.2) is 0 Å². The van der Waals surface area contributed by atoms with Crippen LogP contribution in [0.3, 0.4) is 0 Å². The van der Waals surface area contributed by atoms with Crippen LogP contribution in [0.1, 0.15) is 0 Å². The molecule has 0 saturated carbocycles. The SMILES string of the molecule is O=C1[C@@H](O)[C@H](O)[C@@H](CO)O[C@H]1[P+](O)(O)O. The van der Waals surface area contributed by atoms with E-state index in [2.05, 4.69) is 4.74 Å². The van der Waals surface area contributed by atoms with Crippen LogP contribution in [0, 0.1) is 0 Å². The van der Waals surface area contributed by atoms with Crippen molar-refractivity contribution in [3.63, 3.8) is 0 Å². The molecule has 0 aliphatic carbocycles. The summed E-state index contributed by atoms with van der Waals surface area (Å²) >= 11 is 0. The molecule has 0 radical (unpaired) electrons. The van der Waals surface area contributed by atoms with Crippen molar-refractivity contribution in [2.45, 2.75) is 24.2 Å². The second kappa shape index (κ2) is 4.36. The quantitative estimate of drug-likeness (QED) is 0.277. The highest BCUT2D eigenvalue weighted by molar-refractivity contribution is 7.60. The Morgan fingerprint density at radius 1 is 1.27 bits per heavy atom. The highest BCUT2D eigenvalue weighted by Crippen LogP contribution is 2.53. The Kier molecular flexibility index (Phi) is 3.75. The molecular formula is C6H12O8P+. The molecule has 1 heterocycles. The topological polar surface area (TPSA) is 148 Å². The Labute approximate surface area is 84.9 Å². The van der Waals surface area contributed by atoms with Crippen molar-refractivity contribution >= 4 is 13.7 Å². The Balaban J connectivity index is 2.89. The van der Waals surface area contributed by atoms with Crippen molar-refractivity contribution in [1.82, 2.24) is 0 Å². The third kappa shape index (κ3) is 2.49. The van der Waals surface area contributed by atoms with Crippen molar-refractivity contribution in [1.29, 1.82) is 0 Å². The molecule has 1 rings (SSSR count). The van der Waals surface area contributed by atoms with Gasteiger partial charge in [0.05, 0.1) is 6.61 Å². The molecule has 1 aliphatic rings. The largest absolute Gasteiger partial charge is 0.443 e. The van der Waals surface area contributed by atoms with E-state index in [9.17, 15) is 15.0 Å². The van der Waals surface area contributed by atoms with E-state index in [0.29, 0.717) is 0 Å². The minimum absolute atomic E-state index is 0.734. The van der Waals surface area contributed by atoms with Crippen LogP contribution < -0.4 is 0 Å². The molecule has 0 aromatic heterocycles. The average molecular weight is 243 g/mol. The zero-order valence-corrected chi connectivity index (χ0v) is 8.36. The minimum Gasteiger partial charge on any atom is -0.394 e. The zero-order chi connectivity index (χ0) is 11.8. The number of Topliss-reactive ketones (excluding diaryl/α,β-unsaturated/α-hetero) is 1. The Hall–Kier alpha value is -0.180. The maximum Gasteiger partial charge on any atom is 0.443 e. The fourth-order valence-corrected chi connectivity index (χ4v) is 2.05. The molecule has 1 saturated heterocycles. The van der Waals surface area contributed by atoms with Gasteiger partial charge in [0.1, 0.15) is 18.3 Å². The van der Waals surface area contributed by atoms with E-state index in [1.165, 1.54) is 0 Å². The molecule has 9 heteroatoms. The number of hydrogen-bond acceptors (Lipinski definition) is 8. The number of ketones is 1. The van der Waals surface area contributed by atoms with Crippen LogP contribution in [-0.4, -0.2) is 66.5 Å². The van der Waals surface area contributed by atoms with Gasteiger partial charge < -0.3 is 20.1 Å². The minimum atomic E-state index is -4.62. The molecule has 1 aliphatic heterocycles. The van der Waals surface area contributed by atoms with Crippen molar-refractivity contribution in [3.8, 4) is 0 Å². The predicted octanol–water partition coefficient (Wildman–Crippen LogP) is -3.27. The average Bonchev–Trinajstić information content (AvgIpc) is 2.13. The smallest absolute Gasteiger partial charge is 0.394 e. The monoisotopic (exact) mass is 243 g/mol. The maximum atomic E-state index is 11.2. The van der Waals surface area contributed by atoms with Gasteiger partial charge in [0.15, 0.2) is 0 Å². The van der Waals surface area contributed by atoms with Gasteiger partial charge in [-0.05, 0) is 0 Å². The first-order valence-corrected chi connectivity index (χ1v) is 5.74. The van der Waals surface area contributed by atoms with E-state index >= 15 is 0 Å². The van der Waals surface area contributed by atoms with Gasteiger partial charge in [-0.15, -0.1) is 0 Å². The Bertz CT molecular complexity index is 250. The Morgan fingerprint density at radius 2 is 1.80 bits per heavy atom. The first kappa shape index (κ1) is 12.9. The van der Waals surface area contributed by atoms with Gasteiger partial charge in [0, 0.05) is 0 Å². The number of rotatable bonds is 2. The summed E-state index contributed by atoms with van der Waals surface area (Å²) in [5.41, 5.74) is 0. The maximum absolute atomic E-state index is 11.2. The molecule has 0 aromatic rings. The summed E-state index contributed by atoms with van der Waals surface area (Å²) in [7, 11) is -4.62. The number of aliphatic hydroxyl groups excluding tert-OH is 3. The van der Waals surface area contributed by atoms with E-state index in [1.807, 2.05) is 0 Å². The third-order valence-electron chi connectivity index (χ3n) is 2.04. The fourth-order valence-electron chi connectivity index (χ4n) is 1.23. The first-order valence-electron chi connectivity index (χ1n) is 4.02. The highest BCUT2D eigenvalue weighted by Gasteiger charge is 2.58. The van der Waals surface area contributed by atoms with E-state index in [-0.39, 0.29) is 0 Å². The second-order valence-corrected chi connectivity index (χ2v) is 4.86. The second-order valence-electron chi connectivity index (χ2n) is 3.16. The van der Waals surface area contributed by atoms with Crippen molar-refractivity contribution < 1.29 is 39.5 Å². The number of carbonyl (C=O) groups is 1. The summed E-state index contributed by atoms with van der Waals surface area (Å²) in [6.07, 6.45) is -4.94. The summed E-state index contributed by atoms with van der Waals surface area (Å²) in [5.74, 6) is -3.25. The van der Waals surface area contributed by atoms with Crippen LogP contribution in [-0.2, 0) is 9.53 Å². The lowest BCUT2D eigenvalue weighted by molar-refractivity contribution is -0.179. The predicted molar refractivity (Wildman–Crippen MR) is 46.3 cm³/mol. The summed E-state index contributed by atoms with van der Waals surface area (Å²) in [4.78, 5) is 37.7. The van der Waals surface area contributed by atoms with Gasteiger partial charge in [-0.3, -0.25) is 4.79 Å². The van der Waals surface area contributed by atoms with Gasteiger partial charge in [0.25, 0.3) is 0 Å². The lowest BCUT2D eigenvalue weighted by Gasteiger charge is -2.33.